The lowest BCUT2D eigenvalue weighted by molar-refractivity contribution is -0.130. The van der Waals surface area contributed by atoms with E-state index < -0.39 is 41.8 Å². The van der Waals surface area contributed by atoms with Gasteiger partial charge in [0.15, 0.2) is 5.83 Å². The van der Waals surface area contributed by atoms with Crippen molar-refractivity contribution in [3.05, 3.63) is 41.2 Å². The molecule has 7 nitrogen and oxygen atoms in total. The van der Waals surface area contributed by atoms with Crippen molar-refractivity contribution >= 4 is 23.5 Å². The highest BCUT2D eigenvalue weighted by atomic mass is 19.1. The molecule has 30 heavy (non-hydrogen) atoms. The summed E-state index contributed by atoms with van der Waals surface area (Å²) in [6.45, 7) is 5.71. The Balaban J connectivity index is 2.51. The monoisotopic (exact) mass is 421 g/mol. The number of carbonyl (C=O) groups excluding carboxylic acids is 2. The van der Waals surface area contributed by atoms with Crippen molar-refractivity contribution in [3.63, 3.8) is 0 Å². The van der Waals surface area contributed by atoms with E-state index in [1.165, 1.54) is 32.1 Å². The number of ether oxygens (including phenoxy) is 1. The number of esters is 1. The second-order valence-corrected chi connectivity index (χ2v) is 7.39. The van der Waals surface area contributed by atoms with Crippen LogP contribution in [-0.4, -0.2) is 51.9 Å². The molecule has 0 saturated carbocycles. The number of Topliss-reactive ketones (excluding diaryl/α,β-unsaturated/α-hetero) is 1. The predicted molar refractivity (Wildman–Crippen MR) is 111 cm³/mol. The van der Waals surface area contributed by atoms with Gasteiger partial charge in [0.05, 0.1) is 6.10 Å². The van der Waals surface area contributed by atoms with E-state index in [0.717, 1.165) is 12.5 Å². The second kappa shape index (κ2) is 10.4. The molecule has 164 valence electrons. The Labute approximate surface area is 174 Å². The normalized spacial score (nSPS) is 28.5. The molecule has 0 spiro atoms. The van der Waals surface area contributed by atoms with E-state index in [1.807, 2.05) is 6.92 Å². The number of ketones is 1. The Morgan fingerprint density at radius 2 is 1.93 bits per heavy atom. The van der Waals surface area contributed by atoms with Gasteiger partial charge in [0.1, 0.15) is 23.5 Å². The zero-order valence-electron chi connectivity index (χ0n) is 17.3. The van der Waals surface area contributed by atoms with Crippen LogP contribution in [0.3, 0.4) is 0 Å². The highest BCUT2D eigenvalue weighted by Gasteiger charge is 2.29. The largest absolute Gasteiger partial charge is 0.507 e. The van der Waals surface area contributed by atoms with Crippen molar-refractivity contribution in [2.75, 3.05) is 11.9 Å². The molecule has 2 rings (SSSR count). The maximum Gasteiger partial charge on any atom is 0.342 e. The van der Waals surface area contributed by atoms with Gasteiger partial charge < -0.3 is 25.4 Å². The van der Waals surface area contributed by atoms with E-state index in [2.05, 4.69) is 5.32 Å². The summed E-state index contributed by atoms with van der Waals surface area (Å²) in [6, 6.07) is 3.06. The first-order valence-corrected chi connectivity index (χ1v) is 9.91. The number of phenolic OH excluding ortho intramolecular Hbond substituents is 1. The fourth-order valence-electron chi connectivity index (χ4n) is 2.94. The summed E-state index contributed by atoms with van der Waals surface area (Å²) in [4.78, 5) is 24.7. The lowest BCUT2D eigenvalue weighted by Crippen LogP contribution is -2.34. The third-order valence-electron chi connectivity index (χ3n) is 4.92. The highest BCUT2D eigenvalue weighted by molar-refractivity contribution is 5.98. The summed E-state index contributed by atoms with van der Waals surface area (Å²) < 4.78 is 19.6. The van der Waals surface area contributed by atoms with Crippen molar-refractivity contribution in [3.8, 4) is 5.75 Å². The average Bonchev–Trinajstić information content (AvgIpc) is 2.69. The molecule has 0 fully saturated rings. The zero-order chi connectivity index (χ0) is 22.4. The van der Waals surface area contributed by atoms with Crippen LogP contribution in [0.4, 0.5) is 10.1 Å². The smallest absolute Gasteiger partial charge is 0.342 e. The fraction of sp³-hybridized carbons (Fsp3) is 0.455. The van der Waals surface area contributed by atoms with Gasteiger partial charge in [-0.05, 0) is 37.5 Å². The van der Waals surface area contributed by atoms with E-state index in [1.54, 1.807) is 6.07 Å². The Morgan fingerprint density at radius 3 is 2.60 bits per heavy atom. The molecule has 0 bridgehead atoms. The van der Waals surface area contributed by atoms with E-state index >= 15 is 0 Å². The Bertz CT molecular complexity index is 850. The summed E-state index contributed by atoms with van der Waals surface area (Å²) in [7, 11) is 0. The quantitative estimate of drug-likeness (QED) is 0.555. The summed E-state index contributed by atoms with van der Waals surface area (Å²) in [6.07, 6.45) is 0.237. The van der Waals surface area contributed by atoms with Crippen LogP contribution < -0.4 is 5.32 Å². The van der Waals surface area contributed by atoms with Crippen LogP contribution in [0.25, 0.3) is 6.08 Å². The van der Waals surface area contributed by atoms with Crippen LogP contribution in [0.1, 0.15) is 49.5 Å². The SMILES string of the molecule is CCCNc1cc(O)c2c(c1)/C=C/C[C@H](O)[C@H](O)C(=O)/C(F)=C\[C@H](C)[C@H](C)OC2=O. The van der Waals surface area contributed by atoms with Gasteiger partial charge in [-0.25, -0.2) is 9.18 Å². The van der Waals surface area contributed by atoms with Crippen molar-refractivity contribution in [2.24, 2.45) is 5.92 Å². The van der Waals surface area contributed by atoms with Crippen molar-refractivity contribution in [1.29, 1.82) is 0 Å². The van der Waals surface area contributed by atoms with Crippen LogP contribution in [0.5, 0.6) is 5.75 Å². The zero-order valence-corrected chi connectivity index (χ0v) is 17.3. The number of hydrogen-bond acceptors (Lipinski definition) is 7. The summed E-state index contributed by atoms with van der Waals surface area (Å²) >= 11 is 0. The summed E-state index contributed by atoms with van der Waals surface area (Å²) in [5.41, 5.74) is 0.860. The number of cyclic esters (lactones) is 1. The van der Waals surface area contributed by atoms with Crippen LogP contribution >= 0.6 is 0 Å². The molecule has 1 aromatic rings. The fourth-order valence-corrected chi connectivity index (χ4v) is 2.94. The molecule has 0 amide bonds. The van der Waals surface area contributed by atoms with E-state index in [0.29, 0.717) is 17.8 Å². The topological polar surface area (TPSA) is 116 Å². The van der Waals surface area contributed by atoms with Gasteiger partial charge >= 0.3 is 5.97 Å². The lowest BCUT2D eigenvalue weighted by Gasteiger charge is -2.21. The molecule has 0 aromatic heterocycles. The minimum absolute atomic E-state index is 0.0695. The van der Waals surface area contributed by atoms with E-state index in [-0.39, 0.29) is 17.7 Å². The first kappa shape index (κ1) is 23.6. The molecule has 1 aliphatic heterocycles. The number of phenols is 1. The van der Waals surface area contributed by atoms with E-state index in [4.69, 9.17) is 4.74 Å². The number of benzene rings is 1. The molecule has 4 N–H and O–H groups in total. The van der Waals surface area contributed by atoms with Crippen molar-refractivity contribution in [1.82, 2.24) is 0 Å². The number of rotatable bonds is 3. The second-order valence-electron chi connectivity index (χ2n) is 7.39. The molecule has 0 radical (unpaired) electrons. The molecule has 8 heteroatoms. The minimum Gasteiger partial charge on any atom is -0.507 e. The first-order valence-electron chi connectivity index (χ1n) is 9.91. The standard InChI is InChI=1S/C22H28FNO6/c1-4-8-24-15-10-14-6-5-7-17(25)21(28)20(27)16(23)9-12(2)13(3)30-22(29)19(14)18(26)11-15/h5-6,9-13,17,21,24-26,28H,4,7-8H2,1-3H3/b6-5+,16-9+/t12-,13-,17-,21-/m0/s1. The molecular formula is C22H28FNO6. The molecule has 0 aliphatic carbocycles. The summed E-state index contributed by atoms with van der Waals surface area (Å²) in [5.74, 6) is -4.23. The molecule has 1 aliphatic rings. The Morgan fingerprint density at radius 1 is 1.23 bits per heavy atom. The number of anilines is 1. The Hall–Kier alpha value is -2.71. The number of hydrogen-bond donors (Lipinski definition) is 4. The molecule has 4 atom stereocenters. The molecule has 0 saturated heterocycles. The lowest BCUT2D eigenvalue weighted by atomic mass is 9.99. The van der Waals surface area contributed by atoms with Crippen LogP contribution in [0.2, 0.25) is 0 Å². The number of aliphatic hydroxyl groups is 2. The van der Waals surface area contributed by atoms with E-state index in [9.17, 15) is 29.3 Å². The van der Waals surface area contributed by atoms with Gasteiger partial charge in [-0.2, -0.15) is 0 Å². The van der Waals surface area contributed by atoms with Gasteiger partial charge in [0, 0.05) is 24.2 Å². The minimum atomic E-state index is -1.93. The molecule has 1 aromatic carbocycles. The molecule has 1 heterocycles. The number of fused-ring (bicyclic) bond motifs is 1. The van der Waals surface area contributed by atoms with Gasteiger partial charge in [-0.1, -0.05) is 26.0 Å². The van der Waals surface area contributed by atoms with Crippen molar-refractivity contribution in [2.45, 2.75) is 51.9 Å². The third-order valence-corrected chi connectivity index (χ3v) is 4.92. The third kappa shape index (κ3) is 5.67. The predicted octanol–water partition coefficient (Wildman–Crippen LogP) is 2.96. The number of aliphatic hydroxyl groups excluding tert-OH is 2. The Kier molecular flexibility index (Phi) is 8.14. The van der Waals surface area contributed by atoms with Crippen LogP contribution in [-0.2, 0) is 9.53 Å². The van der Waals surface area contributed by atoms with Crippen molar-refractivity contribution < 1.29 is 34.0 Å². The van der Waals surface area contributed by atoms with Gasteiger partial charge in [-0.15, -0.1) is 0 Å². The summed E-state index contributed by atoms with van der Waals surface area (Å²) in [5, 5.41) is 33.6. The number of carbonyl (C=O) groups is 2. The average molecular weight is 421 g/mol. The van der Waals surface area contributed by atoms with Gasteiger partial charge in [0.25, 0.3) is 0 Å². The maximum absolute atomic E-state index is 14.2. The number of aromatic hydroxyl groups is 1. The van der Waals surface area contributed by atoms with Crippen LogP contribution in [0, 0.1) is 5.92 Å². The van der Waals surface area contributed by atoms with Gasteiger partial charge in [-0.3, -0.25) is 4.79 Å². The maximum atomic E-state index is 14.2. The first-order chi connectivity index (χ1) is 14.1. The number of nitrogens with one attached hydrogen (secondary N) is 1. The van der Waals surface area contributed by atoms with Crippen LogP contribution in [0.15, 0.2) is 30.1 Å². The number of halogens is 1. The van der Waals surface area contributed by atoms with Gasteiger partial charge in [0.2, 0.25) is 5.78 Å². The highest BCUT2D eigenvalue weighted by Crippen LogP contribution is 2.30. The molecule has 0 unspecified atom stereocenters. The molecular weight excluding hydrogens is 393 g/mol.